The highest BCUT2D eigenvalue weighted by molar-refractivity contribution is 9.10. The van der Waals surface area contributed by atoms with Crippen LogP contribution in [0.1, 0.15) is 18.3 Å². The molecule has 0 unspecified atom stereocenters. The van der Waals surface area contributed by atoms with Gasteiger partial charge in [-0.1, -0.05) is 6.92 Å². The van der Waals surface area contributed by atoms with Crippen LogP contribution in [0.2, 0.25) is 0 Å². The number of nitrogens with two attached hydrogens (primary N) is 1. The molecule has 0 saturated heterocycles. The number of benzene rings is 1. The third kappa shape index (κ3) is 2.27. The Labute approximate surface area is 129 Å². The van der Waals surface area contributed by atoms with Crippen molar-refractivity contribution in [3.05, 3.63) is 44.6 Å². The smallest absolute Gasteiger partial charge is 0.408 e. The lowest BCUT2D eigenvalue weighted by atomic mass is 10.2. The largest absolute Gasteiger partial charge is 0.420 e. The van der Waals surface area contributed by atoms with Gasteiger partial charge in [-0.3, -0.25) is 9.25 Å². The third-order valence-corrected chi connectivity index (χ3v) is 4.42. The summed E-state index contributed by atoms with van der Waals surface area (Å²) in [7, 11) is 1.86. The zero-order chi connectivity index (χ0) is 15.1. The molecule has 21 heavy (non-hydrogen) atoms. The number of halogens is 1. The van der Waals surface area contributed by atoms with Crippen LogP contribution in [0.25, 0.3) is 11.1 Å². The first kappa shape index (κ1) is 13.9. The summed E-state index contributed by atoms with van der Waals surface area (Å²) in [5, 5.41) is 4.44. The van der Waals surface area contributed by atoms with Crippen LogP contribution in [-0.4, -0.2) is 14.3 Å². The molecule has 2 aromatic heterocycles. The van der Waals surface area contributed by atoms with E-state index >= 15 is 0 Å². The highest BCUT2D eigenvalue weighted by Crippen LogP contribution is 2.24. The van der Waals surface area contributed by atoms with Crippen molar-refractivity contribution in [3.63, 3.8) is 0 Å². The maximum absolute atomic E-state index is 12.1. The summed E-state index contributed by atoms with van der Waals surface area (Å²) in [5.74, 6) is -0.401. The molecule has 0 aliphatic rings. The number of nitrogen functional groups attached to an aromatic ring is 1. The van der Waals surface area contributed by atoms with Crippen molar-refractivity contribution in [3.8, 4) is 0 Å². The van der Waals surface area contributed by atoms with E-state index < -0.39 is 5.76 Å². The van der Waals surface area contributed by atoms with Gasteiger partial charge in [0.1, 0.15) is 0 Å². The van der Waals surface area contributed by atoms with E-state index in [2.05, 4.69) is 21.0 Å². The molecule has 0 bridgehead atoms. The van der Waals surface area contributed by atoms with E-state index in [0.29, 0.717) is 23.3 Å². The maximum Gasteiger partial charge on any atom is 0.420 e. The molecule has 0 radical (unpaired) electrons. The summed E-state index contributed by atoms with van der Waals surface area (Å²) < 4.78 is 9.52. The Morgan fingerprint density at radius 3 is 2.86 bits per heavy atom. The van der Waals surface area contributed by atoms with E-state index in [0.717, 1.165) is 22.3 Å². The van der Waals surface area contributed by atoms with Gasteiger partial charge in [0.15, 0.2) is 5.58 Å². The summed E-state index contributed by atoms with van der Waals surface area (Å²) in [6, 6.07) is 5.16. The first-order chi connectivity index (χ1) is 10.0. The number of aromatic nitrogens is 3. The van der Waals surface area contributed by atoms with E-state index in [-0.39, 0.29) is 0 Å². The average molecular weight is 351 g/mol. The van der Waals surface area contributed by atoms with E-state index in [4.69, 9.17) is 10.2 Å². The first-order valence-electron chi connectivity index (χ1n) is 6.60. The topological polar surface area (TPSA) is 79.0 Å². The number of aryl methyl sites for hydroxylation is 2. The second kappa shape index (κ2) is 5.07. The molecule has 0 fully saturated rings. The van der Waals surface area contributed by atoms with Crippen LogP contribution in [0.3, 0.4) is 0 Å². The zero-order valence-corrected chi connectivity index (χ0v) is 13.3. The fraction of sp³-hybridized carbons (Fsp3) is 0.286. The van der Waals surface area contributed by atoms with Crippen LogP contribution in [0.15, 0.2) is 31.9 Å². The molecular weight excluding hydrogens is 336 g/mol. The van der Waals surface area contributed by atoms with Gasteiger partial charge in [0, 0.05) is 12.7 Å². The summed E-state index contributed by atoms with van der Waals surface area (Å²) >= 11 is 3.56. The molecule has 3 aromatic rings. The van der Waals surface area contributed by atoms with Crippen molar-refractivity contribution >= 4 is 32.7 Å². The average Bonchev–Trinajstić information content (AvgIpc) is 2.90. The number of fused-ring (bicyclic) bond motifs is 1. The number of hydrogen-bond donors (Lipinski definition) is 1. The zero-order valence-electron chi connectivity index (χ0n) is 11.8. The van der Waals surface area contributed by atoms with E-state index in [1.54, 1.807) is 27.4 Å². The summed E-state index contributed by atoms with van der Waals surface area (Å²) in [5.41, 5.74) is 9.49. The SMILES string of the molecule is CCc1nn(C)c(Cn2c(=O)oc3ccc(N)cc32)c1Br. The minimum Gasteiger partial charge on any atom is -0.408 e. The second-order valence-electron chi connectivity index (χ2n) is 4.87. The molecular formula is C14H15BrN4O2. The van der Waals surface area contributed by atoms with Crippen molar-refractivity contribution in [2.45, 2.75) is 19.9 Å². The predicted molar refractivity (Wildman–Crippen MR) is 84.3 cm³/mol. The fourth-order valence-corrected chi connectivity index (χ4v) is 3.11. The van der Waals surface area contributed by atoms with E-state index in [1.165, 1.54) is 0 Å². The lowest BCUT2D eigenvalue weighted by Crippen LogP contribution is -2.17. The number of hydrogen-bond acceptors (Lipinski definition) is 4. The third-order valence-electron chi connectivity index (χ3n) is 3.50. The van der Waals surface area contributed by atoms with Gasteiger partial charge in [0.25, 0.3) is 0 Å². The molecule has 3 rings (SSSR count). The molecule has 0 aliphatic heterocycles. The number of anilines is 1. The predicted octanol–water partition coefficient (Wildman–Crippen LogP) is 2.28. The Bertz CT molecular complexity index is 875. The van der Waals surface area contributed by atoms with Crippen molar-refractivity contribution < 1.29 is 4.42 Å². The minimum absolute atomic E-state index is 0.374. The normalized spacial score (nSPS) is 11.4. The number of nitrogens with zero attached hydrogens (tertiary/aromatic N) is 3. The van der Waals surface area contributed by atoms with Gasteiger partial charge in [-0.05, 0) is 40.5 Å². The monoisotopic (exact) mass is 350 g/mol. The molecule has 0 amide bonds. The Hall–Kier alpha value is -2.02. The van der Waals surface area contributed by atoms with Gasteiger partial charge in [-0.2, -0.15) is 5.10 Å². The van der Waals surface area contributed by atoms with Crippen molar-refractivity contribution in [1.29, 1.82) is 0 Å². The van der Waals surface area contributed by atoms with Gasteiger partial charge in [-0.25, -0.2) is 4.79 Å². The van der Waals surface area contributed by atoms with E-state index in [9.17, 15) is 4.79 Å². The molecule has 0 saturated carbocycles. The first-order valence-corrected chi connectivity index (χ1v) is 7.39. The lowest BCUT2D eigenvalue weighted by Gasteiger charge is -2.04. The van der Waals surface area contributed by atoms with Gasteiger partial charge >= 0.3 is 5.76 Å². The van der Waals surface area contributed by atoms with Crippen LogP contribution < -0.4 is 11.5 Å². The molecule has 2 N–H and O–H groups in total. The Kier molecular flexibility index (Phi) is 3.36. The molecule has 7 heteroatoms. The molecule has 0 spiro atoms. The van der Waals surface area contributed by atoms with E-state index in [1.807, 2.05) is 14.0 Å². The molecule has 2 heterocycles. The van der Waals surface area contributed by atoms with Gasteiger partial charge < -0.3 is 10.2 Å². The van der Waals surface area contributed by atoms with Gasteiger partial charge in [0.2, 0.25) is 0 Å². The highest BCUT2D eigenvalue weighted by Gasteiger charge is 2.16. The summed E-state index contributed by atoms with van der Waals surface area (Å²) in [6.45, 7) is 2.41. The molecule has 6 nitrogen and oxygen atoms in total. The van der Waals surface area contributed by atoms with Crippen LogP contribution in [0.5, 0.6) is 0 Å². The second-order valence-corrected chi connectivity index (χ2v) is 5.66. The van der Waals surface area contributed by atoms with Crippen LogP contribution in [-0.2, 0) is 20.0 Å². The van der Waals surface area contributed by atoms with Crippen molar-refractivity contribution in [1.82, 2.24) is 14.3 Å². The van der Waals surface area contributed by atoms with Crippen molar-refractivity contribution in [2.75, 3.05) is 5.73 Å². The Morgan fingerprint density at radius 1 is 1.43 bits per heavy atom. The highest BCUT2D eigenvalue weighted by atomic mass is 79.9. The maximum atomic E-state index is 12.1. The van der Waals surface area contributed by atoms with Crippen LogP contribution in [0.4, 0.5) is 5.69 Å². The molecule has 1 aromatic carbocycles. The lowest BCUT2D eigenvalue weighted by molar-refractivity contribution is 0.511. The van der Waals surface area contributed by atoms with Crippen molar-refractivity contribution in [2.24, 2.45) is 7.05 Å². The number of rotatable bonds is 3. The van der Waals surface area contributed by atoms with Gasteiger partial charge in [-0.15, -0.1) is 0 Å². The van der Waals surface area contributed by atoms with Crippen LogP contribution >= 0.6 is 15.9 Å². The quantitative estimate of drug-likeness (QED) is 0.735. The van der Waals surface area contributed by atoms with Crippen LogP contribution in [0, 0.1) is 0 Å². The summed E-state index contributed by atoms with van der Waals surface area (Å²) in [4.78, 5) is 12.1. The number of oxazole rings is 1. The molecule has 0 aliphatic carbocycles. The molecule has 110 valence electrons. The standard InChI is InChI=1S/C14H15BrN4O2/c1-3-9-13(15)11(18(2)17-9)7-19-10-6-8(16)4-5-12(10)21-14(19)20/h4-6H,3,7,16H2,1-2H3. The molecule has 0 atom stereocenters. The van der Waals surface area contributed by atoms with Gasteiger partial charge in [0.05, 0.1) is 27.9 Å². The Balaban J connectivity index is 2.14. The summed E-state index contributed by atoms with van der Waals surface area (Å²) in [6.07, 6.45) is 0.822. The fourth-order valence-electron chi connectivity index (χ4n) is 2.37. The Morgan fingerprint density at radius 2 is 2.19 bits per heavy atom. The minimum atomic E-state index is -0.401.